The third-order valence-corrected chi connectivity index (χ3v) is 3.58. The van der Waals surface area contributed by atoms with Gasteiger partial charge < -0.3 is 5.11 Å². The Bertz CT molecular complexity index is 452. The van der Waals surface area contributed by atoms with Crippen LogP contribution >= 0.6 is 0 Å². The maximum absolute atomic E-state index is 12.3. The number of carboxylic acid groups (broad SMARTS) is 1. The van der Waals surface area contributed by atoms with Crippen molar-refractivity contribution in [3.8, 4) is 0 Å². The van der Waals surface area contributed by atoms with Crippen LogP contribution in [0.5, 0.6) is 0 Å². The van der Waals surface area contributed by atoms with Gasteiger partial charge in [-0.3, -0.25) is 9.63 Å². The van der Waals surface area contributed by atoms with Crippen molar-refractivity contribution in [1.82, 2.24) is 5.48 Å². The molecule has 1 aromatic rings. The molecule has 2 rings (SSSR count). The third-order valence-electron chi connectivity index (χ3n) is 3.58. The van der Waals surface area contributed by atoms with Crippen molar-refractivity contribution in [3.63, 3.8) is 0 Å². The fourth-order valence-corrected chi connectivity index (χ4v) is 2.64. The molecule has 2 N–H and O–H groups in total. The van der Waals surface area contributed by atoms with E-state index in [1.54, 1.807) is 0 Å². The molecule has 1 aliphatic rings. The van der Waals surface area contributed by atoms with E-state index in [9.17, 15) is 9.59 Å². The van der Waals surface area contributed by atoms with Crippen molar-refractivity contribution in [2.75, 3.05) is 6.61 Å². The predicted molar refractivity (Wildman–Crippen MR) is 68.3 cm³/mol. The van der Waals surface area contributed by atoms with E-state index in [-0.39, 0.29) is 5.91 Å². The molecule has 1 saturated carbocycles. The smallest absolute Gasteiger partial charge is 0.332 e. The lowest BCUT2D eigenvalue weighted by molar-refractivity contribution is -0.151. The van der Waals surface area contributed by atoms with Crippen LogP contribution in [0.1, 0.15) is 31.2 Å². The Morgan fingerprint density at radius 1 is 1.21 bits per heavy atom. The van der Waals surface area contributed by atoms with Crippen LogP contribution in [-0.2, 0) is 19.8 Å². The molecule has 1 fully saturated rings. The third kappa shape index (κ3) is 2.93. The average molecular weight is 263 g/mol. The van der Waals surface area contributed by atoms with Gasteiger partial charge in [0.15, 0.2) is 6.61 Å². The fraction of sp³-hybridized carbons (Fsp3) is 0.429. The van der Waals surface area contributed by atoms with Gasteiger partial charge in [0.25, 0.3) is 5.91 Å². The second-order valence-electron chi connectivity index (χ2n) is 4.77. The maximum Gasteiger partial charge on any atom is 0.332 e. The van der Waals surface area contributed by atoms with Crippen LogP contribution in [0.25, 0.3) is 0 Å². The quantitative estimate of drug-likeness (QED) is 0.792. The van der Waals surface area contributed by atoms with E-state index in [1.165, 1.54) is 0 Å². The summed E-state index contributed by atoms with van der Waals surface area (Å²) >= 11 is 0. The number of carboxylic acids is 1. The number of rotatable bonds is 5. The molecule has 0 bridgehead atoms. The minimum absolute atomic E-state index is 0.252. The zero-order valence-electron chi connectivity index (χ0n) is 10.6. The molecular weight excluding hydrogens is 246 g/mol. The molecule has 5 heteroatoms. The summed E-state index contributed by atoms with van der Waals surface area (Å²) in [4.78, 5) is 27.4. The number of hydrogen-bond donors (Lipinski definition) is 2. The summed E-state index contributed by atoms with van der Waals surface area (Å²) in [7, 11) is 0. The monoisotopic (exact) mass is 263 g/mol. The number of amides is 1. The number of aliphatic carboxylic acids is 1. The zero-order chi connectivity index (χ0) is 13.7. The highest BCUT2D eigenvalue weighted by atomic mass is 16.7. The van der Waals surface area contributed by atoms with Crippen molar-refractivity contribution in [3.05, 3.63) is 35.9 Å². The number of hydrogen-bond acceptors (Lipinski definition) is 3. The molecule has 1 aromatic carbocycles. The van der Waals surface area contributed by atoms with Gasteiger partial charge in [-0.2, -0.15) is 0 Å². The Labute approximate surface area is 111 Å². The van der Waals surface area contributed by atoms with Crippen molar-refractivity contribution < 1.29 is 19.5 Å². The van der Waals surface area contributed by atoms with Crippen molar-refractivity contribution >= 4 is 11.9 Å². The van der Waals surface area contributed by atoms with Gasteiger partial charge in [0.05, 0.1) is 5.41 Å². The van der Waals surface area contributed by atoms with Crippen LogP contribution in [-0.4, -0.2) is 23.6 Å². The van der Waals surface area contributed by atoms with Crippen LogP contribution in [0.3, 0.4) is 0 Å². The molecule has 0 spiro atoms. The Hall–Kier alpha value is -1.88. The van der Waals surface area contributed by atoms with E-state index in [2.05, 4.69) is 5.48 Å². The molecular formula is C14H17NO4. The molecule has 0 saturated heterocycles. The summed E-state index contributed by atoms with van der Waals surface area (Å²) in [5.74, 6) is -1.36. The van der Waals surface area contributed by atoms with E-state index in [4.69, 9.17) is 9.94 Å². The molecule has 0 unspecified atom stereocenters. The summed E-state index contributed by atoms with van der Waals surface area (Å²) in [6.45, 7) is -0.531. The molecule has 0 radical (unpaired) electrons. The molecule has 19 heavy (non-hydrogen) atoms. The summed E-state index contributed by atoms with van der Waals surface area (Å²) in [6, 6.07) is 9.58. The number of hydroxylamine groups is 1. The molecule has 0 aromatic heterocycles. The molecule has 1 aliphatic carbocycles. The standard InChI is InChI=1S/C14H17NO4/c16-12(17)10-19-15-13(18)14(8-4-5-9-14)11-6-2-1-3-7-11/h1-3,6-7H,4-5,8-10H2,(H,15,18)(H,16,17). The second kappa shape index (κ2) is 5.84. The van der Waals surface area contributed by atoms with E-state index in [0.717, 1.165) is 31.2 Å². The van der Waals surface area contributed by atoms with Crippen LogP contribution < -0.4 is 5.48 Å². The van der Waals surface area contributed by atoms with Crippen molar-refractivity contribution in [2.24, 2.45) is 0 Å². The number of carbonyl (C=O) groups is 2. The molecule has 0 heterocycles. The highest BCUT2D eigenvalue weighted by Gasteiger charge is 2.42. The Kier molecular flexibility index (Phi) is 4.16. The summed E-state index contributed by atoms with van der Waals surface area (Å²) in [5, 5.41) is 8.50. The summed E-state index contributed by atoms with van der Waals surface area (Å²) in [6.07, 6.45) is 3.50. The number of benzene rings is 1. The lowest BCUT2D eigenvalue weighted by atomic mass is 9.78. The highest BCUT2D eigenvalue weighted by Crippen LogP contribution is 2.41. The first kappa shape index (κ1) is 13.5. The van der Waals surface area contributed by atoms with Crippen LogP contribution in [0.2, 0.25) is 0 Å². The largest absolute Gasteiger partial charge is 0.479 e. The van der Waals surface area contributed by atoms with E-state index in [0.29, 0.717) is 0 Å². The van der Waals surface area contributed by atoms with Crippen LogP contribution in [0, 0.1) is 0 Å². The second-order valence-corrected chi connectivity index (χ2v) is 4.77. The zero-order valence-corrected chi connectivity index (χ0v) is 10.6. The highest BCUT2D eigenvalue weighted by molar-refractivity contribution is 5.87. The van der Waals surface area contributed by atoms with Gasteiger partial charge in [-0.15, -0.1) is 0 Å². The fourth-order valence-electron chi connectivity index (χ4n) is 2.64. The van der Waals surface area contributed by atoms with Crippen molar-refractivity contribution in [2.45, 2.75) is 31.1 Å². The Morgan fingerprint density at radius 2 is 1.84 bits per heavy atom. The van der Waals surface area contributed by atoms with Gasteiger partial charge in [0.1, 0.15) is 0 Å². The van der Waals surface area contributed by atoms with E-state index >= 15 is 0 Å². The molecule has 1 amide bonds. The van der Waals surface area contributed by atoms with E-state index in [1.807, 2.05) is 30.3 Å². The Morgan fingerprint density at radius 3 is 2.42 bits per heavy atom. The van der Waals surface area contributed by atoms with Gasteiger partial charge in [0.2, 0.25) is 0 Å². The minimum Gasteiger partial charge on any atom is -0.479 e. The van der Waals surface area contributed by atoms with E-state index < -0.39 is 18.0 Å². The summed E-state index contributed by atoms with van der Waals surface area (Å²) < 4.78 is 0. The van der Waals surface area contributed by atoms with Gasteiger partial charge in [-0.25, -0.2) is 10.3 Å². The first-order valence-electron chi connectivity index (χ1n) is 6.35. The van der Waals surface area contributed by atoms with Gasteiger partial charge in [-0.1, -0.05) is 43.2 Å². The lowest BCUT2D eigenvalue weighted by Crippen LogP contribution is -2.43. The van der Waals surface area contributed by atoms with Gasteiger partial charge >= 0.3 is 5.97 Å². The Balaban J connectivity index is 2.11. The SMILES string of the molecule is O=C(O)CONC(=O)C1(c2ccccc2)CCCC1. The molecule has 0 atom stereocenters. The van der Waals surface area contributed by atoms with Crippen LogP contribution in [0.15, 0.2) is 30.3 Å². The van der Waals surface area contributed by atoms with Crippen LogP contribution in [0.4, 0.5) is 0 Å². The molecule has 102 valence electrons. The first-order valence-corrected chi connectivity index (χ1v) is 6.35. The topological polar surface area (TPSA) is 75.6 Å². The lowest BCUT2D eigenvalue weighted by Gasteiger charge is -2.27. The van der Waals surface area contributed by atoms with Gasteiger partial charge in [0, 0.05) is 0 Å². The van der Waals surface area contributed by atoms with Crippen molar-refractivity contribution in [1.29, 1.82) is 0 Å². The number of carbonyl (C=O) groups excluding carboxylic acids is 1. The summed E-state index contributed by atoms with van der Waals surface area (Å²) in [5.41, 5.74) is 2.65. The maximum atomic E-state index is 12.3. The first-order chi connectivity index (χ1) is 9.15. The molecule has 5 nitrogen and oxygen atoms in total. The van der Waals surface area contributed by atoms with Gasteiger partial charge in [-0.05, 0) is 18.4 Å². The predicted octanol–water partition coefficient (Wildman–Crippen LogP) is 1.63. The molecule has 0 aliphatic heterocycles. The number of nitrogens with one attached hydrogen (secondary N) is 1. The average Bonchev–Trinajstić information content (AvgIpc) is 2.90. The normalized spacial score (nSPS) is 17.1. The minimum atomic E-state index is -1.11.